The highest BCUT2D eigenvalue weighted by Crippen LogP contribution is 2.25. The Morgan fingerprint density at radius 3 is 2.65 bits per heavy atom. The van der Waals surface area contributed by atoms with Crippen molar-refractivity contribution in [1.82, 2.24) is 5.32 Å². The van der Waals surface area contributed by atoms with E-state index in [9.17, 15) is 0 Å². The minimum Gasteiger partial charge on any atom is -0.486 e. The number of hydrogen-bond donors (Lipinski definition) is 1. The summed E-state index contributed by atoms with van der Waals surface area (Å²) in [5, 5.41) is 4.12. The third-order valence-electron chi connectivity index (χ3n) is 2.50. The molecule has 1 N–H and O–H groups in total. The van der Waals surface area contributed by atoms with Crippen LogP contribution in [0.2, 0.25) is 5.02 Å². The van der Waals surface area contributed by atoms with Crippen molar-refractivity contribution in [3.8, 4) is 5.75 Å². The average molecular weight is 256 g/mol. The first kappa shape index (κ1) is 14.3. The second kappa shape index (κ2) is 6.27. The van der Waals surface area contributed by atoms with Gasteiger partial charge in [-0.1, -0.05) is 18.5 Å². The highest BCUT2D eigenvalue weighted by molar-refractivity contribution is 6.30. The lowest BCUT2D eigenvalue weighted by atomic mass is 10.1. The van der Waals surface area contributed by atoms with Crippen LogP contribution in [0.3, 0.4) is 0 Å². The van der Waals surface area contributed by atoms with E-state index in [4.69, 9.17) is 16.3 Å². The Morgan fingerprint density at radius 2 is 2.06 bits per heavy atom. The second-order valence-corrected chi connectivity index (χ2v) is 5.38. The maximum atomic E-state index is 6.01. The molecule has 0 saturated carbocycles. The zero-order valence-electron chi connectivity index (χ0n) is 11.1. The van der Waals surface area contributed by atoms with Gasteiger partial charge in [0.05, 0.1) is 0 Å². The molecular formula is C14H22ClNO. The SMILES string of the molecule is CCCNCC(C)(C)Oc1ccc(Cl)cc1C. The van der Waals surface area contributed by atoms with Crippen molar-refractivity contribution in [3.63, 3.8) is 0 Å². The fraction of sp³-hybridized carbons (Fsp3) is 0.571. The van der Waals surface area contributed by atoms with Gasteiger partial charge >= 0.3 is 0 Å². The first-order chi connectivity index (χ1) is 7.94. The lowest BCUT2D eigenvalue weighted by molar-refractivity contribution is 0.107. The fourth-order valence-electron chi connectivity index (χ4n) is 1.63. The Bertz CT molecular complexity index is 363. The maximum Gasteiger partial charge on any atom is 0.123 e. The van der Waals surface area contributed by atoms with Crippen LogP contribution in [0, 0.1) is 6.92 Å². The summed E-state index contributed by atoms with van der Waals surface area (Å²) < 4.78 is 6.01. The van der Waals surface area contributed by atoms with E-state index in [0.717, 1.165) is 35.8 Å². The van der Waals surface area contributed by atoms with Gasteiger partial charge in [-0.05, 0) is 57.5 Å². The van der Waals surface area contributed by atoms with E-state index in [0.29, 0.717) is 0 Å². The summed E-state index contributed by atoms with van der Waals surface area (Å²) in [6, 6.07) is 5.71. The number of benzene rings is 1. The molecule has 0 saturated heterocycles. The molecular weight excluding hydrogens is 234 g/mol. The van der Waals surface area contributed by atoms with Crippen LogP contribution in [0.25, 0.3) is 0 Å². The summed E-state index contributed by atoms with van der Waals surface area (Å²) in [7, 11) is 0. The van der Waals surface area contributed by atoms with Crippen molar-refractivity contribution in [2.75, 3.05) is 13.1 Å². The number of aryl methyl sites for hydroxylation is 1. The standard InChI is InChI=1S/C14H22ClNO/c1-5-8-16-10-14(3,4)17-13-7-6-12(15)9-11(13)2/h6-7,9,16H,5,8,10H2,1-4H3. The summed E-state index contributed by atoms with van der Waals surface area (Å²) in [6.07, 6.45) is 1.13. The molecule has 1 aromatic rings. The smallest absolute Gasteiger partial charge is 0.123 e. The van der Waals surface area contributed by atoms with Crippen molar-refractivity contribution >= 4 is 11.6 Å². The normalized spacial score (nSPS) is 11.6. The predicted molar refractivity (Wildman–Crippen MR) is 74.1 cm³/mol. The van der Waals surface area contributed by atoms with Crippen molar-refractivity contribution in [2.24, 2.45) is 0 Å². The molecule has 0 fully saturated rings. The first-order valence-electron chi connectivity index (χ1n) is 6.10. The molecule has 0 aliphatic carbocycles. The van der Waals surface area contributed by atoms with Crippen LogP contribution in [0.4, 0.5) is 0 Å². The van der Waals surface area contributed by atoms with Crippen molar-refractivity contribution in [2.45, 2.75) is 39.7 Å². The quantitative estimate of drug-likeness (QED) is 0.781. The predicted octanol–water partition coefficient (Wildman–Crippen LogP) is 3.81. The summed E-state index contributed by atoms with van der Waals surface area (Å²) in [5.41, 5.74) is 0.856. The fourth-order valence-corrected chi connectivity index (χ4v) is 1.85. The topological polar surface area (TPSA) is 21.3 Å². The number of rotatable bonds is 6. The average Bonchev–Trinajstić information content (AvgIpc) is 2.22. The molecule has 0 aromatic heterocycles. The Morgan fingerprint density at radius 1 is 1.35 bits per heavy atom. The lowest BCUT2D eigenvalue weighted by Crippen LogP contribution is -2.40. The molecule has 3 heteroatoms. The minimum atomic E-state index is -0.215. The molecule has 1 aromatic carbocycles. The van der Waals surface area contributed by atoms with E-state index in [1.54, 1.807) is 0 Å². The van der Waals surface area contributed by atoms with Gasteiger partial charge in [-0.3, -0.25) is 0 Å². The zero-order valence-corrected chi connectivity index (χ0v) is 11.9. The summed E-state index contributed by atoms with van der Waals surface area (Å²) in [6.45, 7) is 10.2. The van der Waals surface area contributed by atoms with Gasteiger partial charge in [0, 0.05) is 11.6 Å². The van der Waals surface area contributed by atoms with Gasteiger partial charge in [-0.25, -0.2) is 0 Å². The number of hydrogen-bond acceptors (Lipinski definition) is 2. The van der Waals surface area contributed by atoms with Crippen LogP contribution in [0.1, 0.15) is 32.8 Å². The van der Waals surface area contributed by atoms with Gasteiger partial charge in [0.15, 0.2) is 0 Å². The van der Waals surface area contributed by atoms with Crippen LogP contribution >= 0.6 is 11.6 Å². The zero-order chi connectivity index (χ0) is 12.9. The Hall–Kier alpha value is -0.730. The highest BCUT2D eigenvalue weighted by atomic mass is 35.5. The molecule has 0 atom stereocenters. The second-order valence-electron chi connectivity index (χ2n) is 4.95. The van der Waals surface area contributed by atoms with E-state index >= 15 is 0 Å². The summed E-state index contributed by atoms with van der Waals surface area (Å²) in [5.74, 6) is 0.901. The van der Waals surface area contributed by atoms with E-state index in [-0.39, 0.29) is 5.60 Å². The lowest BCUT2D eigenvalue weighted by Gasteiger charge is -2.27. The van der Waals surface area contributed by atoms with Gasteiger partial charge in [-0.2, -0.15) is 0 Å². The highest BCUT2D eigenvalue weighted by Gasteiger charge is 2.19. The molecule has 0 spiro atoms. The molecule has 0 unspecified atom stereocenters. The minimum absolute atomic E-state index is 0.215. The third-order valence-corrected chi connectivity index (χ3v) is 2.74. The van der Waals surface area contributed by atoms with Crippen molar-refractivity contribution in [3.05, 3.63) is 28.8 Å². The third kappa shape index (κ3) is 4.97. The largest absolute Gasteiger partial charge is 0.486 e. The van der Waals surface area contributed by atoms with Crippen molar-refractivity contribution in [1.29, 1.82) is 0 Å². The van der Waals surface area contributed by atoms with Gasteiger partial charge in [0.1, 0.15) is 11.4 Å². The molecule has 1 rings (SSSR count). The molecule has 0 amide bonds. The van der Waals surface area contributed by atoms with Crippen LogP contribution < -0.4 is 10.1 Å². The molecule has 0 radical (unpaired) electrons. The molecule has 17 heavy (non-hydrogen) atoms. The van der Waals surface area contributed by atoms with E-state index in [1.807, 2.05) is 25.1 Å². The van der Waals surface area contributed by atoms with Gasteiger partial charge < -0.3 is 10.1 Å². The molecule has 0 aliphatic rings. The van der Waals surface area contributed by atoms with Crippen LogP contribution in [0.15, 0.2) is 18.2 Å². The molecule has 2 nitrogen and oxygen atoms in total. The van der Waals surface area contributed by atoms with E-state index in [2.05, 4.69) is 26.1 Å². The Kier molecular flexibility index (Phi) is 5.29. The Labute approximate surface area is 109 Å². The van der Waals surface area contributed by atoms with E-state index in [1.165, 1.54) is 0 Å². The molecule has 96 valence electrons. The van der Waals surface area contributed by atoms with Crippen LogP contribution in [-0.4, -0.2) is 18.7 Å². The number of ether oxygens (including phenoxy) is 1. The van der Waals surface area contributed by atoms with Gasteiger partial charge in [0.25, 0.3) is 0 Å². The molecule has 0 heterocycles. The first-order valence-corrected chi connectivity index (χ1v) is 6.48. The monoisotopic (exact) mass is 255 g/mol. The molecule has 0 bridgehead atoms. The Balaban J connectivity index is 2.62. The maximum absolute atomic E-state index is 6.01. The van der Waals surface area contributed by atoms with Gasteiger partial charge in [0.2, 0.25) is 0 Å². The summed E-state index contributed by atoms with van der Waals surface area (Å²) in [4.78, 5) is 0. The number of nitrogens with one attached hydrogen (secondary N) is 1. The number of halogens is 1. The van der Waals surface area contributed by atoms with Crippen LogP contribution in [0.5, 0.6) is 5.75 Å². The van der Waals surface area contributed by atoms with E-state index < -0.39 is 0 Å². The van der Waals surface area contributed by atoms with Gasteiger partial charge in [-0.15, -0.1) is 0 Å². The van der Waals surface area contributed by atoms with Crippen molar-refractivity contribution < 1.29 is 4.74 Å². The summed E-state index contributed by atoms with van der Waals surface area (Å²) >= 11 is 5.92. The van der Waals surface area contributed by atoms with Crippen LogP contribution in [-0.2, 0) is 0 Å². The molecule has 0 aliphatic heterocycles.